The van der Waals surface area contributed by atoms with E-state index in [2.05, 4.69) is 20.8 Å². The summed E-state index contributed by atoms with van der Waals surface area (Å²) in [6.07, 6.45) is 0. The molecule has 1 atom stereocenters. The molecule has 37 heavy (non-hydrogen) atoms. The van der Waals surface area contributed by atoms with Crippen LogP contribution in [0.5, 0.6) is 0 Å². The van der Waals surface area contributed by atoms with E-state index in [1.54, 1.807) is 12.1 Å². The van der Waals surface area contributed by atoms with Gasteiger partial charge in [-0.1, -0.05) is 68.2 Å². The molecule has 1 aliphatic heterocycles. The highest BCUT2D eigenvalue weighted by Gasteiger charge is 2.47. The van der Waals surface area contributed by atoms with Crippen LogP contribution in [0.3, 0.4) is 0 Å². The largest absolute Gasteiger partial charge is 0.507 e. The van der Waals surface area contributed by atoms with Crippen LogP contribution in [0.1, 0.15) is 53.9 Å². The second-order valence-corrected chi connectivity index (χ2v) is 10.5. The van der Waals surface area contributed by atoms with Crippen molar-refractivity contribution in [3.05, 3.63) is 105 Å². The Morgan fingerprint density at radius 1 is 0.892 bits per heavy atom. The van der Waals surface area contributed by atoms with Gasteiger partial charge in [0.05, 0.1) is 34.3 Å². The van der Waals surface area contributed by atoms with Crippen LogP contribution in [-0.2, 0) is 19.7 Å². The third kappa shape index (κ3) is 4.99. The van der Waals surface area contributed by atoms with E-state index in [-0.39, 0.29) is 27.3 Å². The number of ether oxygens (including phenoxy) is 1. The molecule has 1 saturated heterocycles. The van der Waals surface area contributed by atoms with Crippen LogP contribution in [-0.4, -0.2) is 29.9 Å². The van der Waals surface area contributed by atoms with Gasteiger partial charge in [-0.2, -0.15) is 0 Å². The van der Waals surface area contributed by atoms with Crippen molar-refractivity contribution in [3.63, 3.8) is 0 Å². The molecule has 8 heteroatoms. The van der Waals surface area contributed by atoms with E-state index < -0.39 is 23.7 Å². The van der Waals surface area contributed by atoms with Crippen molar-refractivity contribution in [2.45, 2.75) is 32.2 Å². The Morgan fingerprint density at radius 3 is 2.03 bits per heavy atom. The third-order valence-corrected chi connectivity index (χ3v) is 7.04. The van der Waals surface area contributed by atoms with Crippen molar-refractivity contribution in [1.82, 2.24) is 0 Å². The maximum absolute atomic E-state index is 13.4. The molecule has 1 fully saturated rings. The quantitative estimate of drug-likeness (QED) is 0.173. The summed E-state index contributed by atoms with van der Waals surface area (Å²) < 4.78 is 4.75. The molecule has 0 aliphatic carbocycles. The van der Waals surface area contributed by atoms with Crippen molar-refractivity contribution in [2.24, 2.45) is 0 Å². The molecule has 3 aromatic carbocycles. The lowest BCUT2D eigenvalue weighted by atomic mass is 9.85. The maximum Gasteiger partial charge on any atom is 0.337 e. The van der Waals surface area contributed by atoms with Gasteiger partial charge in [-0.05, 0) is 59.0 Å². The predicted molar refractivity (Wildman–Crippen MR) is 144 cm³/mol. The van der Waals surface area contributed by atoms with Gasteiger partial charge in [0.25, 0.3) is 11.7 Å². The molecule has 1 aliphatic rings. The summed E-state index contributed by atoms with van der Waals surface area (Å²) in [5.41, 5.74) is 2.45. The van der Waals surface area contributed by atoms with E-state index in [1.807, 2.05) is 24.3 Å². The van der Waals surface area contributed by atoms with Gasteiger partial charge in [0.1, 0.15) is 5.76 Å². The van der Waals surface area contributed by atoms with Crippen molar-refractivity contribution in [2.75, 3.05) is 12.0 Å². The number of Topliss-reactive ketones (excluding diaryl/α,β-unsaturated/α-hetero) is 1. The number of amides is 1. The summed E-state index contributed by atoms with van der Waals surface area (Å²) >= 11 is 12.2. The summed E-state index contributed by atoms with van der Waals surface area (Å²) in [5.74, 6) is -2.54. The summed E-state index contributed by atoms with van der Waals surface area (Å²) in [6.45, 7) is 6.25. The number of nitrogens with zero attached hydrogens (tertiary/aromatic N) is 1. The topological polar surface area (TPSA) is 83.9 Å². The molecule has 0 aromatic heterocycles. The molecule has 1 unspecified atom stereocenters. The zero-order valence-electron chi connectivity index (χ0n) is 20.7. The monoisotopic (exact) mass is 537 g/mol. The predicted octanol–water partition coefficient (Wildman–Crippen LogP) is 6.70. The van der Waals surface area contributed by atoms with E-state index in [9.17, 15) is 19.5 Å². The Balaban J connectivity index is 1.91. The average molecular weight is 538 g/mol. The van der Waals surface area contributed by atoms with Gasteiger partial charge in [0, 0.05) is 11.3 Å². The van der Waals surface area contributed by atoms with Crippen LogP contribution in [0.4, 0.5) is 5.69 Å². The Bertz CT molecular complexity index is 1420. The highest BCUT2D eigenvalue weighted by atomic mass is 35.5. The standard InChI is InChI=1S/C29H25Cl2NO5/c1-29(2,3)19-10-5-16(6-11-19)24-23(25(33)18-9-14-21(30)22(31)15-18)26(34)27(35)32(24)20-12-7-17(8-13-20)28(36)37-4/h5-15,24,33H,1-4H3/b25-23-. The van der Waals surface area contributed by atoms with E-state index in [0.717, 1.165) is 5.56 Å². The minimum Gasteiger partial charge on any atom is -0.507 e. The number of aliphatic hydroxyl groups is 1. The number of halogens is 2. The summed E-state index contributed by atoms with van der Waals surface area (Å²) in [6, 6.07) is 17.3. The van der Waals surface area contributed by atoms with Gasteiger partial charge in [0.15, 0.2) is 0 Å². The van der Waals surface area contributed by atoms with Gasteiger partial charge >= 0.3 is 5.97 Å². The Kier molecular flexibility index (Phi) is 7.18. The SMILES string of the molecule is COC(=O)c1ccc(N2C(=O)C(=O)/C(=C(\O)c3ccc(Cl)c(Cl)c3)C2c2ccc(C(C)(C)C)cc2)cc1. The van der Waals surface area contributed by atoms with E-state index in [0.29, 0.717) is 21.8 Å². The first kappa shape index (κ1) is 26.5. The summed E-state index contributed by atoms with van der Waals surface area (Å²) in [4.78, 5) is 39.9. The van der Waals surface area contributed by atoms with Gasteiger partial charge in [-0.25, -0.2) is 4.79 Å². The Labute approximate surface area is 225 Å². The van der Waals surface area contributed by atoms with Crippen LogP contribution in [0.2, 0.25) is 10.0 Å². The molecule has 0 saturated carbocycles. The number of ketones is 1. The molecule has 0 radical (unpaired) electrons. The number of carbonyl (C=O) groups excluding carboxylic acids is 3. The molecule has 0 bridgehead atoms. The molecule has 3 aromatic rings. The third-order valence-electron chi connectivity index (χ3n) is 6.30. The maximum atomic E-state index is 13.4. The summed E-state index contributed by atoms with van der Waals surface area (Å²) in [5, 5.41) is 11.8. The second kappa shape index (κ2) is 10.0. The van der Waals surface area contributed by atoms with Crippen molar-refractivity contribution >= 4 is 52.3 Å². The van der Waals surface area contributed by atoms with Crippen LogP contribution in [0.25, 0.3) is 5.76 Å². The van der Waals surface area contributed by atoms with Crippen molar-refractivity contribution < 1.29 is 24.2 Å². The van der Waals surface area contributed by atoms with Crippen molar-refractivity contribution in [1.29, 1.82) is 0 Å². The highest BCUT2D eigenvalue weighted by Crippen LogP contribution is 2.43. The Morgan fingerprint density at radius 2 is 1.49 bits per heavy atom. The number of aliphatic hydroxyl groups excluding tert-OH is 1. The molecule has 1 N–H and O–H groups in total. The van der Waals surface area contributed by atoms with E-state index in [1.165, 1.54) is 42.3 Å². The molecule has 6 nitrogen and oxygen atoms in total. The number of benzene rings is 3. The second-order valence-electron chi connectivity index (χ2n) is 9.71. The molecular formula is C29H25Cl2NO5. The number of methoxy groups -OCH3 is 1. The lowest BCUT2D eigenvalue weighted by molar-refractivity contribution is -0.132. The van der Waals surface area contributed by atoms with Crippen LogP contribution >= 0.6 is 23.2 Å². The number of carbonyl (C=O) groups is 3. The van der Waals surface area contributed by atoms with E-state index >= 15 is 0 Å². The number of hydrogen-bond donors (Lipinski definition) is 1. The fraction of sp³-hybridized carbons (Fsp3) is 0.207. The molecule has 0 spiro atoms. The van der Waals surface area contributed by atoms with Crippen LogP contribution < -0.4 is 4.90 Å². The number of hydrogen-bond acceptors (Lipinski definition) is 5. The fourth-order valence-electron chi connectivity index (χ4n) is 4.25. The number of anilines is 1. The van der Waals surface area contributed by atoms with Gasteiger partial charge in [0.2, 0.25) is 0 Å². The average Bonchev–Trinajstić information content (AvgIpc) is 3.14. The zero-order valence-corrected chi connectivity index (χ0v) is 22.2. The van der Waals surface area contributed by atoms with Crippen LogP contribution in [0.15, 0.2) is 72.3 Å². The van der Waals surface area contributed by atoms with E-state index in [4.69, 9.17) is 27.9 Å². The van der Waals surface area contributed by atoms with Crippen molar-refractivity contribution in [3.8, 4) is 0 Å². The minimum absolute atomic E-state index is 0.0797. The molecule has 1 heterocycles. The molecule has 1 amide bonds. The van der Waals surface area contributed by atoms with Gasteiger partial charge in [-0.3, -0.25) is 14.5 Å². The minimum atomic E-state index is -0.924. The zero-order chi connectivity index (χ0) is 27.1. The fourth-order valence-corrected chi connectivity index (χ4v) is 4.55. The Hall–Kier alpha value is -3.61. The lowest BCUT2D eigenvalue weighted by Gasteiger charge is -2.26. The first-order valence-corrected chi connectivity index (χ1v) is 12.2. The molecule has 4 rings (SSSR count). The summed E-state index contributed by atoms with van der Waals surface area (Å²) in [7, 11) is 1.28. The van der Waals surface area contributed by atoms with Gasteiger partial charge < -0.3 is 9.84 Å². The first-order valence-electron chi connectivity index (χ1n) is 11.5. The normalized spacial score (nSPS) is 17.2. The van der Waals surface area contributed by atoms with Crippen LogP contribution in [0, 0.1) is 0 Å². The number of esters is 1. The smallest absolute Gasteiger partial charge is 0.337 e. The highest BCUT2D eigenvalue weighted by molar-refractivity contribution is 6.51. The lowest BCUT2D eigenvalue weighted by Crippen LogP contribution is -2.29. The molecule has 190 valence electrons. The molecular weight excluding hydrogens is 513 g/mol. The number of rotatable bonds is 4. The van der Waals surface area contributed by atoms with Gasteiger partial charge in [-0.15, -0.1) is 0 Å². The first-order chi connectivity index (χ1) is 17.4.